The van der Waals surface area contributed by atoms with E-state index in [1.165, 1.54) is 4.90 Å². The van der Waals surface area contributed by atoms with Crippen LogP contribution in [0.4, 0.5) is 5.69 Å². The minimum Gasteiger partial charge on any atom is -0.507 e. The standard InChI is InChI=1S/C26H22BrNO3/c1-15-6-4-8-18(12-15)23-22(24(29)19-10-11-21(27)17(3)14-19)25(30)26(31)28(23)20-9-5-7-16(2)13-20/h4-14,23,29H,1-3H3/b24-22-. The van der Waals surface area contributed by atoms with E-state index in [9.17, 15) is 14.7 Å². The van der Waals surface area contributed by atoms with Gasteiger partial charge in [-0.05, 0) is 61.7 Å². The molecule has 4 rings (SSSR count). The molecule has 0 aromatic heterocycles. The van der Waals surface area contributed by atoms with Gasteiger partial charge in [0, 0.05) is 15.7 Å². The maximum Gasteiger partial charge on any atom is 0.300 e. The molecule has 1 aliphatic heterocycles. The van der Waals surface area contributed by atoms with Crippen molar-refractivity contribution in [2.45, 2.75) is 26.8 Å². The molecule has 1 aliphatic rings. The summed E-state index contributed by atoms with van der Waals surface area (Å²) in [6, 6.07) is 19.8. The lowest BCUT2D eigenvalue weighted by Crippen LogP contribution is -2.29. The van der Waals surface area contributed by atoms with E-state index >= 15 is 0 Å². The molecule has 1 N–H and O–H groups in total. The third kappa shape index (κ3) is 3.81. The molecule has 3 aromatic rings. The van der Waals surface area contributed by atoms with Crippen LogP contribution < -0.4 is 4.90 Å². The molecule has 4 nitrogen and oxygen atoms in total. The van der Waals surface area contributed by atoms with E-state index < -0.39 is 17.7 Å². The second-order valence-electron chi connectivity index (χ2n) is 7.89. The number of nitrogens with zero attached hydrogens (tertiary/aromatic N) is 1. The van der Waals surface area contributed by atoms with Gasteiger partial charge in [0.05, 0.1) is 11.6 Å². The Kier molecular flexibility index (Phi) is 5.54. The lowest BCUT2D eigenvalue weighted by atomic mass is 9.94. The van der Waals surface area contributed by atoms with Crippen LogP contribution in [0.25, 0.3) is 5.76 Å². The fourth-order valence-corrected chi connectivity index (χ4v) is 4.23. The van der Waals surface area contributed by atoms with Crippen LogP contribution in [-0.4, -0.2) is 16.8 Å². The van der Waals surface area contributed by atoms with E-state index in [4.69, 9.17) is 0 Å². The summed E-state index contributed by atoms with van der Waals surface area (Å²) in [6.07, 6.45) is 0. The highest BCUT2D eigenvalue weighted by Crippen LogP contribution is 2.42. The molecule has 0 aliphatic carbocycles. The highest BCUT2D eigenvalue weighted by molar-refractivity contribution is 9.10. The van der Waals surface area contributed by atoms with E-state index in [-0.39, 0.29) is 11.3 Å². The average molecular weight is 476 g/mol. The Hall–Kier alpha value is -3.18. The number of aliphatic hydroxyl groups excluding tert-OH is 1. The lowest BCUT2D eigenvalue weighted by Gasteiger charge is -2.26. The number of anilines is 1. The van der Waals surface area contributed by atoms with Crippen LogP contribution in [0.2, 0.25) is 0 Å². The molecular weight excluding hydrogens is 454 g/mol. The number of halogens is 1. The number of ketones is 1. The number of carbonyl (C=O) groups excluding carboxylic acids is 2. The number of amides is 1. The Morgan fingerprint density at radius 3 is 2.23 bits per heavy atom. The predicted molar refractivity (Wildman–Crippen MR) is 126 cm³/mol. The van der Waals surface area contributed by atoms with Gasteiger partial charge in [-0.2, -0.15) is 0 Å². The van der Waals surface area contributed by atoms with Gasteiger partial charge in [-0.25, -0.2) is 0 Å². The monoisotopic (exact) mass is 475 g/mol. The fraction of sp³-hybridized carbons (Fsp3) is 0.154. The highest BCUT2D eigenvalue weighted by Gasteiger charge is 2.47. The average Bonchev–Trinajstić information content (AvgIpc) is 3.00. The summed E-state index contributed by atoms with van der Waals surface area (Å²) in [5.41, 5.74) is 4.90. The molecule has 0 saturated carbocycles. The number of hydrogen-bond acceptors (Lipinski definition) is 3. The Labute approximate surface area is 190 Å². The van der Waals surface area contributed by atoms with Crippen molar-refractivity contribution in [2.75, 3.05) is 4.90 Å². The first-order valence-corrected chi connectivity index (χ1v) is 10.8. The van der Waals surface area contributed by atoms with Crippen molar-refractivity contribution in [3.05, 3.63) is 105 Å². The Morgan fingerprint density at radius 1 is 0.903 bits per heavy atom. The number of carbonyl (C=O) groups is 2. The number of aryl methyl sites for hydroxylation is 3. The van der Waals surface area contributed by atoms with Crippen molar-refractivity contribution in [3.8, 4) is 0 Å². The summed E-state index contributed by atoms with van der Waals surface area (Å²) in [6.45, 7) is 5.80. The molecule has 31 heavy (non-hydrogen) atoms. The zero-order chi connectivity index (χ0) is 22.3. The van der Waals surface area contributed by atoms with Crippen LogP contribution in [0.1, 0.15) is 33.9 Å². The molecule has 0 bridgehead atoms. The van der Waals surface area contributed by atoms with Gasteiger partial charge in [-0.3, -0.25) is 14.5 Å². The molecule has 156 valence electrons. The van der Waals surface area contributed by atoms with Crippen LogP contribution in [0.15, 0.2) is 76.8 Å². The van der Waals surface area contributed by atoms with E-state index in [0.717, 1.165) is 26.7 Å². The quantitative estimate of drug-likeness (QED) is 0.287. The number of benzene rings is 3. The topological polar surface area (TPSA) is 57.6 Å². The van der Waals surface area contributed by atoms with Crippen LogP contribution in [0.3, 0.4) is 0 Å². The van der Waals surface area contributed by atoms with E-state index in [1.807, 2.05) is 75.4 Å². The summed E-state index contributed by atoms with van der Waals surface area (Å²) in [4.78, 5) is 27.9. The lowest BCUT2D eigenvalue weighted by molar-refractivity contribution is -0.132. The van der Waals surface area contributed by atoms with Crippen molar-refractivity contribution in [1.82, 2.24) is 0 Å². The van der Waals surface area contributed by atoms with Gasteiger partial charge in [0.1, 0.15) is 5.76 Å². The highest BCUT2D eigenvalue weighted by atomic mass is 79.9. The van der Waals surface area contributed by atoms with Crippen molar-refractivity contribution in [3.63, 3.8) is 0 Å². The Bertz CT molecular complexity index is 1240. The van der Waals surface area contributed by atoms with Crippen LogP contribution in [-0.2, 0) is 9.59 Å². The second kappa shape index (κ2) is 8.16. The molecule has 1 fully saturated rings. The summed E-state index contributed by atoms with van der Waals surface area (Å²) in [7, 11) is 0. The van der Waals surface area contributed by atoms with Gasteiger partial charge in [0.2, 0.25) is 0 Å². The molecule has 5 heteroatoms. The molecule has 1 atom stereocenters. The van der Waals surface area contributed by atoms with Crippen molar-refractivity contribution in [1.29, 1.82) is 0 Å². The maximum atomic E-state index is 13.2. The third-order valence-corrected chi connectivity index (χ3v) is 6.40. The number of rotatable bonds is 3. The second-order valence-corrected chi connectivity index (χ2v) is 8.74. The van der Waals surface area contributed by atoms with Crippen molar-refractivity contribution in [2.24, 2.45) is 0 Å². The minimum atomic E-state index is -0.717. The van der Waals surface area contributed by atoms with Crippen LogP contribution in [0.5, 0.6) is 0 Å². The van der Waals surface area contributed by atoms with Gasteiger partial charge in [-0.15, -0.1) is 0 Å². The number of aliphatic hydroxyl groups is 1. The zero-order valence-electron chi connectivity index (χ0n) is 17.5. The summed E-state index contributed by atoms with van der Waals surface area (Å²) < 4.78 is 0.902. The summed E-state index contributed by atoms with van der Waals surface area (Å²) >= 11 is 3.46. The van der Waals surface area contributed by atoms with Gasteiger partial charge in [0.15, 0.2) is 0 Å². The predicted octanol–water partition coefficient (Wildman–Crippen LogP) is 6.00. The van der Waals surface area contributed by atoms with Crippen molar-refractivity contribution >= 4 is 39.1 Å². The largest absolute Gasteiger partial charge is 0.507 e. The normalized spacial score (nSPS) is 17.9. The first-order chi connectivity index (χ1) is 14.8. The smallest absolute Gasteiger partial charge is 0.300 e. The summed E-state index contributed by atoms with van der Waals surface area (Å²) in [5.74, 6) is -1.51. The molecular formula is C26H22BrNO3. The molecule has 1 saturated heterocycles. The van der Waals surface area contributed by atoms with Gasteiger partial charge < -0.3 is 5.11 Å². The van der Waals surface area contributed by atoms with Gasteiger partial charge in [-0.1, -0.05) is 64.0 Å². The van der Waals surface area contributed by atoms with E-state index in [1.54, 1.807) is 12.1 Å². The van der Waals surface area contributed by atoms with Crippen molar-refractivity contribution < 1.29 is 14.7 Å². The van der Waals surface area contributed by atoms with E-state index in [0.29, 0.717) is 11.3 Å². The first kappa shape index (κ1) is 21.1. The molecule has 0 radical (unpaired) electrons. The first-order valence-electron chi connectivity index (χ1n) is 9.98. The summed E-state index contributed by atoms with van der Waals surface area (Å²) in [5, 5.41) is 11.2. The molecule has 1 amide bonds. The maximum absolute atomic E-state index is 13.2. The van der Waals surface area contributed by atoms with Crippen LogP contribution >= 0.6 is 15.9 Å². The van der Waals surface area contributed by atoms with E-state index in [2.05, 4.69) is 15.9 Å². The molecule has 1 unspecified atom stereocenters. The van der Waals surface area contributed by atoms with Crippen LogP contribution in [0, 0.1) is 20.8 Å². The fourth-order valence-electron chi connectivity index (χ4n) is 3.98. The molecule has 0 spiro atoms. The molecule has 3 aromatic carbocycles. The molecule has 1 heterocycles. The zero-order valence-corrected chi connectivity index (χ0v) is 19.1. The number of hydrogen-bond donors (Lipinski definition) is 1. The van der Waals surface area contributed by atoms with Gasteiger partial charge >= 0.3 is 0 Å². The Balaban J connectivity index is 1.97. The Morgan fingerprint density at radius 2 is 1.58 bits per heavy atom. The minimum absolute atomic E-state index is 0.0961. The third-order valence-electron chi connectivity index (χ3n) is 5.51. The van der Waals surface area contributed by atoms with Gasteiger partial charge in [0.25, 0.3) is 11.7 Å². The number of Topliss-reactive ketones (excluding diaryl/α,β-unsaturated/α-hetero) is 1. The SMILES string of the molecule is Cc1cccc(C2/C(=C(/O)c3ccc(Br)c(C)c3)C(=O)C(=O)N2c2cccc(C)c2)c1.